The minimum absolute atomic E-state index is 0.0313. The van der Waals surface area contributed by atoms with Crippen molar-refractivity contribution in [1.29, 1.82) is 0 Å². The van der Waals surface area contributed by atoms with E-state index in [4.69, 9.17) is 9.26 Å². The lowest BCUT2D eigenvalue weighted by Crippen LogP contribution is -2.38. The van der Waals surface area contributed by atoms with Crippen LogP contribution in [0.3, 0.4) is 0 Å². The normalized spacial score (nSPS) is 20.0. The molecule has 0 N–H and O–H groups in total. The highest BCUT2D eigenvalue weighted by molar-refractivity contribution is 5.72. The number of carbonyl (C=O) groups is 1. The summed E-state index contributed by atoms with van der Waals surface area (Å²) in [5.41, 5.74) is 0. The molecular formula is C14H23N3O3. The zero-order valence-electron chi connectivity index (χ0n) is 12.3. The van der Waals surface area contributed by atoms with Crippen molar-refractivity contribution in [3.05, 3.63) is 11.7 Å². The fourth-order valence-corrected chi connectivity index (χ4v) is 2.54. The van der Waals surface area contributed by atoms with Gasteiger partial charge in [0.2, 0.25) is 5.89 Å². The van der Waals surface area contributed by atoms with Crippen LogP contribution in [0.1, 0.15) is 44.3 Å². The van der Waals surface area contributed by atoms with Gasteiger partial charge in [-0.2, -0.15) is 4.98 Å². The molecule has 0 saturated carbocycles. The van der Waals surface area contributed by atoms with Crippen LogP contribution in [-0.2, 0) is 22.5 Å². The van der Waals surface area contributed by atoms with Crippen molar-refractivity contribution in [2.24, 2.45) is 5.92 Å². The number of carbonyl (C=O) groups excluding carboxylic acids is 1. The zero-order valence-corrected chi connectivity index (χ0v) is 12.3. The average Bonchev–Trinajstić information content (AvgIpc) is 2.92. The number of nitrogens with zero attached hydrogens (tertiary/aromatic N) is 3. The number of aromatic nitrogens is 2. The Bertz CT molecular complexity index is 433. The topological polar surface area (TPSA) is 68.5 Å². The number of aryl methyl sites for hydroxylation is 1. The molecule has 0 spiro atoms. The average molecular weight is 281 g/mol. The summed E-state index contributed by atoms with van der Waals surface area (Å²) in [6.07, 6.45) is 4.96. The third kappa shape index (κ3) is 4.03. The van der Waals surface area contributed by atoms with Crippen molar-refractivity contribution in [2.45, 2.75) is 45.6 Å². The number of esters is 1. The maximum Gasteiger partial charge on any atom is 0.309 e. The Morgan fingerprint density at radius 3 is 3.15 bits per heavy atom. The van der Waals surface area contributed by atoms with Crippen molar-refractivity contribution in [3.63, 3.8) is 0 Å². The van der Waals surface area contributed by atoms with Crippen LogP contribution in [0, 0.1) is 5.92 Å². The molecule has 0 unspecified atom stereocenters. The Labute approximate surface area is 119 Å². The number of hydrogen-bond donors (Lipinski definition) is 0. The number of likely N-dealkylation sites (tertiary alicyclic amines) is 1. The van der Waals surface area contributed by atoms with Crippen LogP contribution in [0.4, 0.5) is 0 Å². The molecule has 0 aliphatic carbocycles. The lowest BCUT2D eigenvalue weighted by atomic mass is 9.98. The van der Waals surface area contributed by atoms with Crippen molar-refractivity contribution in [3.8, 4) is 0 Å². The summed E-state index contributed by atoms with van der Waals surface area (Å²) in [4.78, 5) is 18.2. The highest BCUT2D eigenvalue weighted by Crippen LogP contribution is 2.19. The molecule has 0 amide bonds. The highest BCUT2D eigenvalue weighted by Gasteiger charge is 2.27. The largest absolute Gasteiger partial charge is 0.469 e. The van der Waals surface area contributed by atoms with Gasteiger partial charge in [-0.1, -0.05) is 18.5 Å². The Morgan fingerprint density at radius 2 is 2.40 bits per heavy atom. The van der Waals surface area contributed by atoms with Crippen molar-refractivity contribution in [1.82, 2.24) is 15.0 Å². The second-order valence-corrected chi connectivity index (χ2v) is 5.31. The quantitative estimate of drug-likeness (QED) is 0.741. The van der Waals surface area contributed by atoms with Gasteiger partial charge in [0.25, 0.3) is 0 Å². The van der Waals surface area contributed by atoms with E-state index in [1.807, 2.05) is 0 Å². The summed E-state index contributed by atoms with van der Waals surface area (Å²) >= 11 is 0. The van der Waals surface area contributed by atoms with E-state index in [9.17, 15) is 4.79 Å². The number of hydrogen-bond acceptors (Lipinski definition) is 6. The first kappa shape index (κ1) is 15.0. The first-order valence-electron chi connectivity index (χ1n) is 7.34. The monoisotopic (exact) mass is 281 g/mol. The Balaban J connectivity index is 1.86. The summed E-state index contributed by atoms with van der Waals surface area (Å²) in [5, 5.41) is 3.99. The molecule has 1 fully saturated rings. The van der Waals surface area contributed by atoms with Gasteiger partial charge in [0.05, 0.1) is 19.6 Å². The van der Waals surface area contributed by atoms with E-state index in [0.29, 0.717) is 19.0 Å². The van der Waals surface area contributed by atoms with Gasteiger partial charge >= 0.3 is 5.97 Å². The molecule has 0 radical (unpaired) electrons. The molecule has 6 nitrogen and oxygen atoms in total. The number of unbranched alkanes of at least 4 members (excludes halogenated alkanes) is 1. The first-order chi connectivity index (χ1) is 9.72. The molecule has 0 bridgehead atoms. The molecular weight excluding hydrogens is 258 g/mol. The minimum atomic E-state index is -0.121. The lowest BCUT2D eigenvalue weighted by Gasteiger charge is -2.29. The predicted octanol–water partition coefficient (Wildman–Crippen LogP) is 1.80. The van der Waals surface area contributed by atoms with Gasteiger partial charge in [0.1, 0.15) is 0 Å². The molecule has 112 valence electrons. The molecule has 20 heavy (non-hydrogen) atoms. The van der Waals surface area contributed by atoms with E-state index in [1.54, 1.807) is 0 Å². The third-order valence-corrected chi connectivity index (χ3v) is 3.66. The molecule has 1 aliphatic rings. The van der Waals surface area contributed by atoms with Gasteiger partial charge in [-0.25, -0.2) is 0 Å². The molecule has 1 aromatic rings. The fraction of sp³-hybridized carbons (Fsp3) is 0.786. The van der Waals surface area contributed by atoms with E-state index < -0.39 is 0 Å². The Kier molecular flexibility index (Phi) is 5.52. The fourth-order valence-electron chi connectivity index (χ4n) is 2.54. The number of piperidine rings is 1. The van der Waals surface area contributed by atoms with Crippen LogP contribution in [-0.4, -0.2) is 41.2 Å². The van der Waals surface area contributed by atoms with E-state index in [-0.39, 0.29) is 11.9 Å². The molecule has 0 aromatic carbocycles. The maximum atomic E-state index is 11.6. The van der Waals surface area contributed by atoms with Gasteiger partial charge in [0, 0.05) is 13.0 Å². The van der Waals surface area contributed by atoms with Gasteiger partial charge < -0.3 is 9.26 Å². The maximum absolute atomic E-state index is 11.6. The van der Waals surface area contributed by atoms with Gasteiger partial charge in [-0.05, 0) is 25.8 Å². The van der Waals surface area contributed by atoms with E-state index in [0.717, 1.165) is 44.5 Å². The van der Waals surface area contributed by atoms with Gasteiger partial charge in [0.15, 0.2) is 5.82 Å². The minimum Gasteiger partial charge on any atom is -0.469 e. The summed E-state index contributed by atoms with van der Waals surface area (Å²) < 4.78 is 10.1. The zero-order chi connectivity index (χ0) is 14.4. The number of ether oxygens (including phenoxy) is 1. The Morgan fingerprint density at radius 1 is 1.55 bits per heavy atom. The standard InChI is InChI=1S/C14H23N3O3/c1-3-4-7-12-15-13(20-16-12)10-17-8-5-6-11(9-17)14(18)19-2/h11H,3-10H2,1-2H3/t11-/m0/s1. The highest BCUT2D eigenvalue weighted by atomic mass is 16.5. The summed E-state index contributed by atoms with van der Waals surface area (Å²) in [7, 11) is 1.44. The van der Waals surface area contributed by atoms with E-state index in [1.165, 1.54) is 7.11 Å². The van der Waals surface area contributed by atoms with Crippen LogP contribution in [0.15, 0.2) is 4.52 Å². The third-order valence-electron chi connectivity index (χ3n) is 3.66. The smallest absolute Gasteiger partial charge is 0.309 e. The van der Waals surface area contributed by atoms with Crippen molar-refractivity contribution < 1.29 is 14.1 Å². The second kappa shape index (κ2) is 7.38. The van der Waals surface area contributed by atoms with E-state index >= 15 is 0 Å². The first-order valence-corrected chi connectivity index (χ1v) is 7.34. The van der Waals surface area contributed by atoms with Crippen LogP contribution >= 0.6 is 0 Å². The summed E-state index contributed by atoms with van der Waals surface area (Å²) in [5.74, 6) is 1.27. The summed E-state index contributed by atoms with van der Waals surface area (Å²) in [6.45, 7) is 4.42. The van der Waals surface area contributed by atoms with E-state index in [2.05, 4.69) is 22.0 Å². The number of methoxy groups -OCH3 is 1. The summed E-state index contributed by atoms with van der Waals surface area (Å²) in [6, 6.07) is 0. The second-order valence-electron chi connectivity index (χ2n) is 5.31. The Hall–Kier alpha value is -1.43. The molecule has 2 rings (SSSR count). The van der Waals surface area contributed by atoms with Crippen LogP contribution in [0.5, 0.6) is 0 Å². The van der Waals surface area contributed by atoms with Crippen LogP contribution in [0.25, 0.3) is 0 Å². The molecule has 2 heterocycles. The lowest BCUT2D eigenvalue weighted by molar-refractivity contribution is -0.147. The van der Waals surface area contributed by atoms with Crippen molar-refractivity contribution >= 4 is 5.97 Å². The van der Waals surface area contributed by atoms with Gasteiger partial charge in [-0.3, -0.25) is 9.69 Å². The van der Waals surface area contributed by atoms with Crippen LogP contribution < -0.4 is 0 Å². The SMILES string of the molecule is CCCCc1noc(CN2CCC[C@H](C(=O)OC)C2)n1. The predicted molar refractivity (Wildman–Crippen MR) is 72.9 cm³/mol. The van der Waals surface area contributed by atoms with Crippen LogP contribution in [0.2, 0.25) is 0 Å². The molecule has 1 aliphatic heterocycles. The molecule has 1 aromatic heterocycles. The number of rotatable bonds is 6. The molecule has 6 heteroatoms. The van der Waals surface area contributed by atoms with Gasteiger partial charge in [-0.15, -0.1) is 0 Å². The van der Waals surface area contributed by atoms with Crippen molar-refractivity contribution in [2.75, 3.05) is 20.2 Å². The molecule has 1 saturated heterocycles. The molecule has 1 atom stereocenters.